The van der Waals surface area contributed by atoms with Crippen LogP contribution < -0.4 is 4.57 Å². The van der Waals surface area contributed by atoms with Crippen LogP contribution in [0.5, 0.6) is 0 Å². The van der Waals surface area contributed by atoms with Crippen molar-refractivity contribution in [3.8, 4) is 0 Å². The Morgan fingerprint density at radius 1 is 0.656 bits per heavy atom. The van der Waals surface area contributed by atoms with Gasteiger partial charge in [0.25, 0.3) is 0 Å². The molecule has 0 N–H and O–H groups in total. The quantitative estimate of drug-likeness (QED) is 0.377. The van der Waals surface area contributed by atoms with E-state index in [1.54, 1.807) is 0 Å². The van der Waals surface area contributed by atoms with Crippen LogP contribution in [0.4, 0.5) is 5.69 Å². The molecule has 168 valence electrons. The van der Waals surface area contributed by atoms with Gasteiger partial charge in [-0.2, -0.15) is 0 Å². The standard InChI is InChI=1S/C29H37NOSi/c1-22-18-20-25(21-19-22)30-26(23-14-10-8-11-15-23)27(24-16-12-9-13-17-24)31-32(30,28(2,3)4)29(5,6)7/h8-21,26-27H,1-7H3/t26-,27-/m1/s1. The molecule has 2 atom stereocenters. The average Bonchev–Trinajstić information content (AvgIpc) is 3.13. The van der Waals surface area contributed by atoms with E-state index in [1.807, 2.05) is 0 Å². The second-order valence-electron chi connectivity index (χ2n) is 11.2. The molecule has 3 aromatic rings. The predicted octanol–water partition coefficient (Wildman–Crippen LogP) is 8.36. The van der Waals surface area contributed by atoms with Gasteiger partial charge in [0.05, 0.1) is 12.1 Å². The minimum atomic E-state index is -2.58. The van der Waals surface area contributed by atoms with Crippen LogP contribution in [0.2, 0.25) is 10.1 Å². The van der Waals surface area contributed by atoms with E-state index in [2.05, 4.69) is 138 Å². The second kappa shape index (κ2) is 8.20. The van der Waals surface area contributed by atoms with Crippen molar-refractivity contribution in [2.45, 2.75) is 70.7 Å². The van der Waals surface area contributed by atoms with Gasteiger partial charge in [-0.1, -0.05) is 120 Å². The molecule has 1 heterocycles. The van der Waals surface area contributed by atoms with Crippen LogP contribution in [0, 0.1) is 6.92 Å². The Morgan fingerprint density at radius 3 is 1.59 bits per heavy atom. The number of hydrogen-bond donors (Lipinski definition) is 0. The highest BCUT2D eigenvalue weighted by atomic mass is 28.4. The Balaban J connectivity index is 2.04. The monoisotopic (exact) mass is 443 g/mol. The summed E-state index contributed by atoms with van der Waals surface area (Å²) >= 11 is 0. The largest absolute Gasteiger partial charge is 0.388 e. The van der Waals surface area contributed by atoms with Crippen LogP contribution in [-0.2, 0) is 4.43 Å². The fourth-order valence-electron chi connectivity index (χ4n) is 5.75. The van der Waals surface area contributed by atoms with E-state index in [9.17, 15) is 0 Å². The van der Waals surface area contributed by atoms with Crippen molar-refractivity contribution >= 4 is 14.2 Å². The Labute approximate surface area is 195 Å². The summed E-state index contributed by atoms with van der Waals surface area (Å²) in [5.41, 5.74) is 5.11. The van der Waals surface area contributed by atoms with Crippen molar-refractivity contribution in [1.29, 1.82) is 0 Å². The maximum absolute atomic E-state index is 7.49. The number of hydrogen-bond acceptors (Lipinski definition) is 2. The van der Waals surface area contributed by atoms with Crippen molar-refractivity contribution in [3.63, 3.8) is 0 Å². The molecule has 1 saturated heterocycles. The molecule has 3 aromatic carbocycles. The zero-order valence-corrected chi connectivity index (χ0v) is 21.6. The fourth-order valence-corrected chi connectivity index (χ4v) is 12.1. The zero-order chi connectivity index (χ0) is 23.1. The lowest BCUT2D eigenvalue weighted by Gasteiger charge is -2.53. The topological polar surface area (TPSA) is 12.5 Å². The van der Waals surface area contributed by atoms with Crippen LogP contribution >= 0.6 is 0 Å². The molecule has 1 fully saturated rings. The Morgan fingerprint density at radius 2 is 1.12 bits per heavy atom. The summed E-state index contributed by atoms with van der Waals surface area (Å²) in [7, 11) is -2.58. The van der Waals surface area contributed by atoms with E-state index < -0.39 is 8.48 Å². The minimum Gasteiger partial charge on any atom is -0.388 e. The molecular weight excluding hydrogens is 406 g/mol. The van der Waals surface area contributed by atoms with Gasteiger partial charge in [-0.3, -0.25) is 0 Å². The van der Waals surface area contributed by atoms with Gasteiger partial charge in [-0.25, -0.2) is 0 Å². The van der Waals surface area contributed by atoms with E-state index in [1.165, 1.54) is 22.4 Å². The lowest BCUT2D eigenvalue weighted by Crippen LogP contribution is -2.63. The molecule has 0 aliphatic carbocycles. The molecule has 0 unspecified atom stereocenters. The number of anilines is 1. The first-order chi connectivity index (χ1) is 15.1. The van der Waals surface area contributed by atoms with Crippen molar-refractivity contribution in [3.05, 3.63) is 102 Å². The average molecular weight is 444 g/mol. The summed E-state index contributed by atoms with van der Waals surface area (Å²) < 4.78 is 10.2. The Kier molecular flexibility index (Phi) is 5.85. The van der Waals surface area contributed by atoms with Gasteiger partial charge in [0, 0.05) is 15.8 Å². The molecule has 0 saturated carbocycles. The highest BCUT2D eigenvalue weighted by Gasteiger charge is 2.67. The molecule has 1 aliphatic rings. The number of aryl methyl sites for hydroxylation is 1. The van der Waals surface area contributed by atoms with Crippen LogP contribution in [0.3, 0.4) is 0 Å². The van der Waals surface area contributed by atoms with E-state index in [-0.39, 0.29) is 22.2 Å². The SMILES string of the molecule is Cc1ccc(N2[C@H](c3ccccc3)[C@@H](c3ccccc3)O[Si]2(C(C)(C)C)C(C)(C)C)cc1. The number of nitrogens with zero attached hydrogens (tertiary/aromatic N) is 1. The van der Waals surface area contributed by atoms with Crippen molar-refractivity contribution < 1.29 is 4.43 Å². The summed E-state index contributed by atoms with van der Waals surface area (Å²) in [6.45, 7) is 16.4. The van der Waals surface area contributed by atoms with Gasteiger partial charge < -0.3 is 8.99 Å². The first-order valence-corrected chi connectivity index (χ1v) is 13.6. The third-order valence-electron chi connectivity index (χ3n) is 6.82. The van der Waals surface area contributed by atoms with Gasteiger partial charge in [0.1, 0.15) is 0 Å². The molecule has 0 spiro atoms. The Bertz CT molecular complexity index is 1020. The zero-order valence-electron chi connectivity index (χ0n) is 20.6. The highest BCUT2D eigenvalue weighted by Crippen LogP contribution is 2.64. The first kappa shape index (κ1) is 22.8. The maximum atomic E-state index is 7.49. The normalized spacial score (nSPS) is 21.0. The summed E-state index contributed by atoms with van der Waals surface area (Å²) in [4.78, 5) is 0. The van der Waals surface area contributed by atoms with Gasteiger partial charge in [-0.15, -0.1) is 0 Å². The third-order valence-corrected chi connectivity index (χ3v) is 12.7. The predicted molar refractivity (Wildman–Crippen MR) is 138 cm³/mol. The molecule has 2 nitrogen and oxygen atoms in total. The van der Waals surface area contributed by atoms with Crippen LogP contribution in [-0.4, -0.2) is 8.48 Å². The lowest BCUT2D eigenvalue weighted by molar-refractivity contribution is 0.187. The molecule has 4 rings (SSSR count). The molecule has 0 amide bonds. The lowest BCUT2D eigenvalue weighted by atomic mass is 9.95. The number of benzene rings is 3. The maximum Gasteiger partial charge on any atom is 0.313 e. The molecule has 0 bridgehead atoms. The summed E-state index contributed by atoms with van der Waals surface area (Å²) in [5, 5.41) is -0.0145. The van der Waals surface area contributed by atoms with Gasteiger partial charge in [0.2, 0.25) is 0 Å². The molecule has 3 heteroatoms. The van der Waals surface area contributed by atoms with Crippen molar-refractivity contribution in [2.75, 3.05) is 4.57 Å². The van der Waals surface area contributed by atoms with E-state index in [0.717, 1.165) is 0 Å². The first-order valence-electron chi connectivity index (χ1n) is 11.7. The molecule has 32 heavy (non-hydrogen) atoms. The molecule has 1 aliphatic heterocycles. The van der Waals surface area contributed by atoms with E-state index >= 15 is 0 Å². The van der Waals surface area contributed by atoms with Gasteiger partial charge in [-0.05, 0) is 30.2 Å². The van der Waals surface area contributed by atoms with Gasteiger partial charge in [0.15, 0.2) is 0 Å². The second-order valence-corrected chi connectivity index (χ2v) is 16.2. The van der Waals surface area contributed by atoms with Gasteiger partial charge >= 0.3 is 8.48 Å². The summed E-state index contributed by atoms with van der Waals surface area (Å²) in [6.07, 6.45) is -0.0231. The van der Waals surface area contributed by atoms with Crippen LogP contribution in [0.1, 0.15) is 70.4 Å². The third kappa shape index (κ3) is 3.72. The molecular formula is C29H37NOSi. The molecule has 0 radical (unpaired) electrons. The number of rotatable bonds is 3. The minimum absolute atomic E-state index is 0.00725. The Hall–Kier alpha value is -2.36. The summed E-state index contributed by atoms with van der Waals surface area (Å²) in [6, 6.07) is 30.9. The van der Waals surface area contributed by atoms with Crippen molar-refractivity contribution in [1.82, 2.24) is 0 Å². The fraction of sp³-hybridized carbons (Fsp3) is 0.379. The van der Waals surface area contributed by atoms with Crippen LogP contribution in [0.15, 0.2) is 84.9 Å². The molecule has 0 aromatic heterocycles. The van der Waals surface area contributed by atoms with E-state index in [4.69, 9.17) is 4.43 Å². The van der Waals surface area contributed by atoms with Crippen LogP contribution in [0.25, 0.3) is 0 Å². The van der Waals surface area contributed by atoms with Crippen molar-refractivity contribution in [2.24, 2.45) is 0 Å². The van der Waals surface area contributed by atoms with E-state index in [0.29, 0.717) is 0 Å². The summed E-state index contributed by atoms with van der Waals surface area (Å²) in [5.74, 6) is 0. The smallest absolute Gasteiger partial charge is 0.313 e. The highest BCUT2D eigenvalue weighted by molar-refractivity contribution is 6.83.